The molecule has 0 aliphatic carbocycles. The number of thioether (sulfide) groups is 1. The molecule has 1 nitrogen and oxygen atoms in total. The third-order valence-electron chi connectivity index (χ3n) is 2.24. The number of carbonyl (C=O) groups is 1. The monoisotopic (exact) mass is 188 g/mol. The number of rotatable bonds is 0. The first kappa shape index (κ1) is 7.87. The van der Waals surface area contributed by atoms with E-state index in [2.05, 4.69) is 6.92 Å². The Morgan fingerprint density at radius 2 is 2.55 bits per heavy atom. The van der Waals surface area contributed by atoms with Crippen LogP contribution in [0.1, 0.15) is 19.8 Å². The zero-order valence-corrected chi connectivity index (χ0v) is 8.26. The van der Waals surface area contributed by atoms with Crippen LogP contribution in [0, 0.1) is 0 Å². The molecule has 2 heterocycles. The van der Waals surface area contributed by atoms with Gasteiger partial charge in [-0.3, -0.25) is 4.79 Å². The fraction of sp³-hybridized carbons (Fsp3) is 0.750. The van der Waals surface area contributed by atoms with E-state index in [1.807, 2.05) is 17.1 Å². The maximum Gasteiger partial charge on any atom is 0.163 e. The van der Waals surface area contributed by atoms with Crippen molar-refractivity contribution >= 4 is 33.4 Å². The molecule has 0 aromatic rings. The Labute approximate surface area is 73.9 Å². The Bertz CT molecular complexity index is 234. The van der Waals surface area contributed by atoms with Crippen molar-refractivity contribution in [2.24, 2.45) is 0 Å². The average molecular weight is 188 g/mol. The zero-order chi connectivity index (χ0) is 7.90. The second-order valence-corrected chi connectivity index (χ2v) is 7.49. The molecule has 0 N–H and O–H groups in total. The molecule has 11 heavy (non-hydrogen) atoms. The van der Waals surface area contributed by atoms with Crippen LogP contribution >= 0.6 is 22.2 Å². The Morgan fingerprint density at radius 1 is 1.73 bits per heavy atom. The van der Waals surface area contributed by atoms with Gasteiger partial charge in [-0.1, -0.05) is 0 Å². The van der Waals surface area contributed by atoms with Gasteiger partial charge in [0.1, 0.15) is 0 Å². The van der Waals surface area contributed by atoms with Crippen LogP contribution in [0.3, 0.4) is 0 Å². The van der Waals surface area contributed by atoms with E-state index in [1.54, 1.807) is 0 Å². The smallest absolute Gasteiger partial charge is 0.163 e. The van der Waals surface area contributed by atoms with Crippen molar-refractivity contribution in [3.05, 3.63) is 0 Å². The molecular weight excluding hydrogens is 176 g/mol. The second kappa shape index (κ2) is 2.63. The van der Waals surface area contributed by atoms with Gasteiger partial charge in [0, 0.05) is 11.8 Å². The zero-order valence-electron chi connectivity index (χ0n) is 6.63. The van der Waals surface area contributed by atoms with E-state index in [-0.39, 0.29) is 0 Å². The minimum atomic E-state index is 0.301. The molecule has 2 aliphatic heterocycles. The van der Waals surface area contributed by atoms with Gasteiger partial charge in [0.15, 0.2) is 5.78 Å². The molecule has 2 atom stereocenters. The molecule has 3 heteroatoms. The number of hydrogen-bond acceptors (Lipinski definition) is 2. The Morgan fingerprint density at radius 3 is 3.27 bits per heavy atom. The average Bonchev–Trinajstić information content (AvgIpc) is 2.22. The molecule has 0 saturated carbocycles. The summed E-state index contributed by atoms with van der Waals surface area (Å²) >= 11 is 2.00. The summed E-state index contributed by atoms with van der Waals surface area (Å²) in [5.74, 6) is 2.89. The first-order valence-corrected chi connectivity index (χ1v) is 6.36. The van der Waals surface area contributed by atoms with Crippen molar-refractivity contribution in [2.75, 3.05) is 11.5 Å². The highest BCUT2D eigenvalue weighted by atomic mass is 32.2. The largest absolute Gasteiger partial charge is 0.294 e. The summed E-state index contributed by atoms with van der Waals surface area (Å²) in [4.78, 5) is 11.2. The molecule has 2 unspecified atom stereocenters. The summed E-state index contributed by atoms with van der Waals surface area (Å²) in [6.45, 7) is 2.25. The lowest BCUT2D eigenvalue weighted by atomic mass is 10.2. The molecule has 62 valence electrons. The van der Waals surface area contributed by atoms with Crippen molar-refractivity contribution in [1.82, 2.24) is 0 Å². The molecule has 0 radical (unpaired) electrons. The topological polar surface area (TPSA) is 17.1 Å². The van der Waals surface area contributed by atoms with Crippen LogP contribution in [0.5, 0.6) is 0 Å². The SMILES string of the molecule is CC12CC(=O)C=S1CCCS2. The highest BCUT2D eigenvalue weighted by Gasteiger charge is 2.37. The molecular formula is C8H12OS2. The van der Waals surface area contributed by atoms with E-state index in [9.17, 15) is 4.79 Å². The van der Waals surface area contributed by atoms with Crippen molar-refractivity contribution in [3.63, 3.8) is 0 Å². The first-order chi connectivity index (χ1) is 5.21. The number of hydrogen-bond donors (Lipinski definition) is 0. The lowest BCUT2D eigenvalue weighted by molar-refractivity contribution is -0.112. The third-order valence-corrected chi connectivity index (χ3v) is 7.01. The van der Waals surface area contributed by atoms with E-state index < -0.39 is 0 Å². The van der Waals surface area contributed by atoms with Crippen LogP contribution < -0.4 is 0 Å². The quantitative estimate of drug-likeness (QED) is 0.540. The maximum absolute atomic E-state index is 11.2. The lowest BCUT2D eigenvalue weighted by Gasteiger charge is -2.31. The number of ketones is 1. The molecule has 0 aromatic carbocycles. The third kappa shape index (κ3) is 1.29. The van der Waals surface area contributed by atoms with Gasteiger partial charge in [-0.2, -0.15) is 10.5 Å². The van der Waals surface area contributed by atoms with E-state index >= 15 is 0 Å². The minimum absolute atomic E-state index is 0.301. The molecule has 0 aromatic heterocycles. The fourth-order valence-corrected chi connectivity index (χ4v) is 6.02. The summed E-state index contributed by atoms with van der Waals surface area (Å²) in [5.41, 5.74) is 0. The van der Waals surface area contributed by atoms with Gasteiger partial charge in [-0.05, 0) is 24.9 Å². The molecule has 0 amide bonds. The van der Waals surface area contributed by atoms with Crippen molar-refractivity contribution in [2.45, 2.75) is 23.8 Å². The molecule has 2 aliphatic rings. The molecule has 1 saturated heterocycles. The van der Waals surface area contributed by atoms with Gasteiger partial charge in [0.05, 0.1) is 4.08 Å². The van der Waals surface area contributed by atoms with Crippen molar-refractivity contribution in [3.8, 4) is 0 Å². The summed E-state index contributed by atoms with van der Waals surface area (Å²) < 4.78 is 0.301. The van der Waals surface area contributed by atoms with Crippen LogP contribution in [-0.4, -0.2) is 26.7 Å². The summed E-state index contributed by atoms with van der Waals surface area (Å²) in [7, 11) is 0.307. The number of Topliss-reactive ketones (excluding diaryl/α,β-unsaturated/α-hetero) is 1. The van der Waals surface area contributed by atoms with Crippen molar-refractivity contribution in [1.29, 1.82) is 0 Å². The highest BCUT2D eigenvalue weighted by Crippen LogP contribution is 2.51. The number of carbonyl (C=O) groups excluding carboxylic acids is 1. The Hall–Kier alpha value is 0.240. The van der Waals surface area contributed by atoms with Gasteiger partial charge in [-0.15, -0.1) is 11.8 Å². The molecule has 0 bridgehead atoms. The maximum atomic E-state index is 11.2. The standard InChI is InChI=1S/C8H12OS2/c1-8-5-7(9)6-11(8)4-2-3-10-8/h6H,2-5H2,1H3. The van der Waals surface area contributed by atoms with Gasteiger partial charge in [0.2, 0.25) is 0 Å². The fourth-order valence-electron chi connectivity index (χ4n) is 1.64. The second-order valence-electron chi connectivity index (χ2n) is 3.23. The van der Waals surface area contributed by atoms with E-state index in [4.69, 9.17) is 0 Å². The summed E-state index contributed by atoms with van der Waals surface area (Å²) in [5, 5.41) is 1.98. The van der Waals surface area contributed by atoms with Gasteiger partial charge < -0.3 is 0 Å². The molecule has 0 spiro atoms. The van der Waals surface area contributed by atoms with Crippen LogP contribution in [0.2, 0.25) is 0 Å². The summed E-state index contributed by atoms with van der Waals surface area (Å²) in [6, 6.07) is 0. The molecule has 2 rings (SSSR count). The normalized spacial score (nSPS) is 43.4. The van der Waals surface area contributed by atoms with Gasteiger partial charge in [0.25, 0.3) is 0 Å². The minimum Gasteiger partial charge on any atom is -0.294 e. The highest BCUT2D eigenvalue weighted by molar-refractivity contribution is 8.28. The van der Waals surface area contributed by atoms with Crippen molar-refractivity contribution < 1.29 is 4.79 Å². The first-order valence-electron chi connectivity index (χ1n) is 3.92. The molecule has 1 fully saturated rings. The lowest BCUT2D eigenvalue weighted by Crippen LogP contribution is -2.21. The summed E-state index contributed by atoms with van der Waals surface area (Å²) in [6.07, 6.45) is 2.09. The predicted octanol–water partition coefficient (Wildman–Crippen LogP) is 1.88. The van der Waals surface area contributed by atoms with Gasteiger partial charge >= 0.3 is 0 Å². The van der Waals surface area contributed by atoms with Crippen LogP contribution in [-0.2, 0) is 4.79 Å². The Kier molecular flexibility index (Phi) is 1.88. The van der Waals surface area contributed by atoms with Gasteiger partial charge in [-0.25, -0.2) is 0 Å². The number of fused-ring (bicyclic) bond motifs is 1. The van der Waals surface area contributed by atoms with E-state index in [0.717, 1.165) is 6.42 Å². The van der Waals surface area contributed by atoms with Crippen LogP contribution in [0.15, 0.2) is 0 Å². The van der Waals surface area contributed by atoms with E-state index in [1.165, 1.54) is 17.9 Å². The van der Waals surface area contributed by atoms with E-state index in [0.29, 0.717) is 20.3 Å². The Balaban J connectivity index is 2.29. The predicted molar refractivity (Wildman–Crippen MR) is 53.6 cm³/mol. The van der Waals surface area contributed by atoms with Crippen LogP contribution in [0.4, 0.5) is 0 Å². The van der Waals surface area contributed by atoms with Crippen LogP contribution in [0.25, 0.3) is 0 Å².